The van der Waals surface area contributed by atoms with Crippen LogP contribution in [0.25, 0.3) is 0 Å². The topological polar surface area (TPSA) is 0 Å². The van der Waals surface area contributed by atoms with E-state index in [0.717, 1.165) is 5.92 Å². The van der Waals surface area contributed by atoms with Crippen LogP contribution in [0.5, 0.6) is 0 Å². The number of hydrogen-bond acceptors (Lipinski definition) is 0. The number of unbranched alkanes of at least 4 members (excludes halogenated alkanes) is 12. The fraction of sp³-hybridized carbons (Fsp3) is 1.00. The molecule has 0 saturated heterocycles. The van der Waals surface area contributed by atoms with Crippen molar-refractivity contribution in [1.82, 2.24) is 0 Å². The van der Waals surface area contributed by atoms with Crippen molar-refractivity contribution in [2.24, 2.45) is 5.92 Å². The van der Waals surface area contributed by atoms with Gasteiger partial charge in [-0.2, -0.15) is 0 Å². The van der Waals surface area contributed by atoms with Crippen LogP contribution in [0.2, 0.25) is 0 Å². The smallest absolute Gasteiger partial charge is 0 e. The first-order valence-electron chi connectivity index (χ1n) is 8.97. The van der Waals surface area contributed by atoms with E-state index in [0.29, 0.717) is 0 Å². The van der Waals surface area contributed by atoms with Crippen LogP contribution >= 0.6 is 9.24 Å². The summed E-state index contributed by atoms with van der Waals surface area (Å²) in [5, 5.41) is 0. The van der Waals surface area contributed by atoms with Gasteiger partial charge in [0.1, 0.15) is 0 Å². The SMILES string of the molecule is CC(C)CCCCCCCCCCCCCCCP.[Na]. The Morgan fingerprint density at radius 1 is 0.550 bits per heavy atom. The van der Waals surface area contributed by atoms with Gasteiger partial charge in [-0.1, -0.05) is 97.3 Å². The Morgan fingerprint density at radius 3 is 1.15 bits per heavy atom. The summed E-state index contributed by atoms with van der Waals surface area (Å²) in [5.74, 6) is 0.899. The average molecular weight is 309 g/mol. The van der Waals surface area contributed by atoms with Gasteiger partial charge in [-0.3, -0.25) is 0 Å². The maximum absolute atomic E-state index is 2.83. The van der Waals surface area contributed by atoms with Crippen LogP contribution in [0.15, 0.2) is 0 Å². The minimum Gasteiger partial charge on any atom is -0.138 e. The van der Waals surface area contributed by atoms with Gasteiger partial charge in [-0.15, -0.1) is 9.24 Å². The molecule has 0 fully saturated rings. The third-order valence-corrected chi connectivity index (χ3v) is 4.39. The van der Waals surface area contributed by atoms with Gasteiger partial charge in [0.25, 0.3) is 0 Å². The summed E-state index contributed by atoms with van der Waals surface area (Å²) in [6.07, 6.45) is 21.8. The zero-order chi connectivity index (χ0) is 14.2. The Hall–Kier alpha value is 1.43. The molecule has 2 heteroatoms. The van der Waals surface area contributed by atoms with Gasteiger partial charge in [0.2, 0.25) is 0 Å². The molecule has 0 saturated carbocycles. The number of rotatable bonds is 15. The first-order chi connectivity index (χ1) is 9.27. The Balaban J connectivity index is 0. The summed E-state index contributed by atoms with van der Waals surface area (Å²) in [5.41, 5.74) is 0. The van der Waals surface area contributed by atoms with Gasteiger partial charge >= 0.3 is 0 Å². The molecule has 0 aliphatic heterocycles. The largest absolute Gasteiger partial charge is 0.138 e. The fourth-order valence-corrected chi connectivity index (χ4v) is 2.93. The molecule has 117 valence electrons. The van der Waals surface area contributed by atoms with E-state index in [4.69, 9.17) is 0 Å². The first-order valence-corrected chi connectivity index (χ1v) is 9.79. The van der Waals surface area contributed by atoms with Crippen LogP contribution in [0, 0.1) is 5.92 Å². The van der Waals surface area contributed by atoms with E-state index >= 15 is 0 Å². The summed E-state index contributed by atoms with van der Waals surface area (Å²) in [6.45, 7) is 4.67. The monoisotopic (exact) mass is 309 g/mol. The summed E-state index contributed by atoms with van der Waals surface area (Å²) in [7, 11) is 2.83. The Kier molecular flexibility index (Phi) is 24.2. The molecular formula is C18H39NaP. The molecule has 0 aliphatic rings. The molecule has 0 aliphatic carbocycles. The molecule has 0 N–H and O–H groups in total. The quantitative estimate of drug-likeness (QED) is 0.182. The first kappa shape index (κ1) is 23.7. The van der Waals surface area contributed by atoms with Crippen molar-refractivity contribution in [2.75, 3.05) is 6.16 Å². The van der Waals surface area contributed by atoms with Gasteiger partial charge in [0, 0.05) is 29.6 Å². The third-order valence-electron chi connectivity index (χ3n) is 3.99. The standard InChI is InChI=1S/C18H39P.Na/c1-18(2)16-14-12-10-8-6-4-3-5-7-9-11-13-15-17-19;/h18H,3-17,19H2,1-2H3;. The molecule has 0 rings (SSSR count). The molecule has 20 heavy (non-hydrogen) atoms. The van der Waals surface area contributed by atoms with Crippen molar-refractivity contribution >= 4 is 38.8 Å². The Morgan fingerprint density at radius 2 is 0.850 bits per heavy atom. The molecule has 1 unspecified atom stereocenters. The van der Waals surface area contributed by atoms with Crippen LogP contribution in [0.3, 0.4) is 0 Å². The van der Waals surface area contributed by atoms with E-state index in [-0.39, 0.29) is 29.6 Å². The molecule has 0 aromatic carbocycles. The summed E-state index contributed by atoms with van der Waals surface area (Å²) in [4.78, 5) is 0. The molecule has 0 bridgehead atoms. The Labute approximate surface area is 154 Å². The molecule has 0 nitrogen and oxygen atoms in total. The maximum atomic E-state index is 2.83. The molecule has 0 spiro atoms. The minimum atomic E-state index is 0. The van der Waals surface area contributed by atoms with E-state index in [1.54, 1.807) is 0 Å². The van der Waals surface area contributed by atoms with Gasteiger partial charge in [-0.25, -0.2) is 0 Å². The van der Waals surface area contributed by atoms with Crippen molar-refractivity contribution in [2.45, 2.75) is 104 Å². The maximum Gasteiger partial charge on any atom is 0 e. The molecule has 0 amide bonds. The zero-order valence-electron chi connectivity index (χ0n) is 14.8. The number of hydrogen-bond donors (Lipinski definition) is 0. The molecular weight excluding hydrogens is 270 g/mol. The second kappa shape index (κ2) is 20.4. The molecule has 0 aromatic rings. The van der Waals surface area contributed by atoms with E-state index < -0.39 is 0 Å². The van der Waals surface area contributed by atoms with Crippen molar-refractivity contribution < 1.29 is 0 Å². The second-order valence-electron chi connectivity index (χ2n) is 6.57. The average Bonchev–Trinajstić information content (AvgIpc) is 2.39. The summed E-state index contributed by atoms with van der Waals surface area (Å²) in [6, 6.07) is 0. The van der Waals surface area contributed by atoms with Crippen LogP contribution in [-0.4, -0.2) is 35.7 Å². The summed E-state index contributed by atoms with van der Waals surface area (Å²) >= 11 is 0. The Bertz CT molecular complexity index is 159. The minimum absolute atomic E-state index is 0. The van der Waals surface area contributed by atoms with Crippen LogP contribution in [0.4, 0.5) is 0 Å². The molecule has 1 atom stereocenters. The molecule has 1 radical (unpaired) electrons. The predicted octanol–water partition coefficient (Wildman–Crippen LogP) is 6.60. The van der Waals surface area contributed by atoms with Gasteiger partial charge in [-0.05, 0) is 18.5 Å². The second-order valence-corrected chi connectivity index (χ2v) is 7.14. The van der Waals surface area contributed by atoms with Crippen molar-refractivity contribution in [3.05, 3.63) is 0 Å². The molecule has 0 heterocycles. The van der Waals surface area contributed by atoms with Crippen molar-refractivity contribution in [3.8, 4) is 0 Å². The van der Waals surface area contributed by atoms with Gasteiger partial charge in [0.15, 0.2) is 0 Å². The normalized spacial score (nSPS) is 10.8. The van der Waals surface area contributed by atoms with Gasteiger partial charge < -0.3 is 0 Å². The van der Waals surface area contributed by atoms with E-state index in [1.807, 2.05) is 0 Å². The fourth-order valence-electron chi connectivity index (χ4n) is 2.64. The van der Waals surface area contributed by atoms with Crippen LogP contribution < -0.4 is 0 Å². The van der Waals surface area contributed by atoms with Crippen molar-refractivity contribution in [1.29, 1.82) is 0 Å². The molecule has 0 aromatic heterocycles. The zero-order valence-corrected chi connectivity index (χ0v) is 17.9. The van der Waals surface area contributed by atoms with Gasteiger partial charge in [0.05, 0.1) is 0 Å². The van der Waals surface area contributed by atoms with E-state index in [9.17, 15) is 0 Å². The third kappa shape index (κ3) is 21.7. The van der Waals surface area contributed by atoms with E-state index in [2.05, 4.69) is 23.1 Å². The summed E-state index contributed by atoms with van der Waals surface area (Å²) < 4.78 is 0. The van der Waals surface area contributed by atoms with Crippen LogP contribution in [-0.2, 0) is 0 Å². The van der Waals surface area contributed by atoms with Crippen molar-refractivity contribution in [3.63, 3.8) is 0 Å². The van der Waals surface area contributed by atoms with Crippen LogP contribution in [0.1, 0.15) is 104 Å². The van der Waals surface area contributed by atoms with E-state index in [1.165, 1.54) is 96.1 Å². The predicted molar refractivity (Wildman–Crippen MR) is 99.8 cm³/mol.